The minimum Gasteiger partial charge on any atom is -0.491 e. The summed E-state index contributed by atoms with van der Waals surface area (Å²) < 4.78 is 11.3. The lowest BCUT2D eigenvalue weighted by Gasteiger charge is -2.13. The van der Waals surface area contributed by atoms with Crippen LogP contribution < -0.4 is 26.2 Å². The number of hydrogen-bond acceptors (Lipinski definition) is 5. The number of nitrogens with one attached hydrogen (secondary N) is 4. The molecule has 2 saturated heterocycles. The summed E-state index contributed by atoms with van der Waals surface area (Å²) in [7, 11) is 0. The van der Waals surface area contributed by atoms with Crippen molar-refractivity contribution in [1.82, 2.24) is 21.5 Å². The van der Waals surface area contributed by atoms with Crippen molar-refractivity contribution in [3.63, 3.8) is 0 Å². The van der Waals surface area contributed by atoms with Gasteiger partial charge in [0, 0.05) is 26.2 Å². The normalized spacial score (nSPS) is 21.3. The van der Waals surface area contributed by atoms with Crippen LogP contribution in [0.3, 0.4) is 0 Å². The van der Waals surface area contributed by atoms with Gasteiger partial charge in [0.2, 0.25) is 0 Å². The highest BCUT2D eigenvalue weighted by Gasteiger charge is 2.16. The van der Waals surface area contributed by atoms with E-state index < -0.39 is 0 Å². The Balaban J connectivity index is 1.37. The van der Waals surface area contributed by atoms with Gasteiger partial charge >= 0.3 is 6.03 Å². The molecule has 2 aliphatic heterocycles. The Labute approximate surface area is 136 Å². The lowest BCUT2D eigenvalue weighted by molar-refractivity contribution is 0.0679. The van der Waals surface area contributed by atoms with Crippen LogP contribution in [0.25, 0.3) is 0 Å². The van der Waals surface area contributed by atoms with Gasteiger partial charge in [-0.1, -0.05) is 12.1 Å². The molecule has 0 bridgehead atoms. The van der Waals surface area contributed by atoms with Crippen LogP contribution in [0.1, 0.15) is 18.4 Å². The number of rotatable bonds is 6. The molecule has 126 valence electrons. The van der Waals surface area contributed by atoms with Gasteiger partial charge in [0.05, 0.1) is 12.1 Å². The van der Waals surface area contributed by atoms with Crippen LogP contribution in [-0.2, 0) is 11.3 Å². The molecule has 1 aromatic rings. The van der Waals surface area contributed by atoms with Crippen molar-refractivity contribution in [2.24, 2.45) is 0 Å². The van der Waals surface area contributed by atoms with E-state index in [4.69, 9.17) is 9.47 Å². The summed E-state index contributed by atoms with van der Waals surface area (Å²) >= 11 is 0. The molecule has 0 spiro atoms. The fraction of sp³-hybridized carbons (Fsp3) is 0.562. The van der Waals surface area contributed by atoms with E-state index in [0.717, 1.165) is 43.9 Å². The van der Waals surface area contributed by atoms with E-state index in [1.165, 1.54) is 0 Å². The zero-order valence-electron chi connectivity index (χ0n) is 13.1. The van der Waals surface area contributed by atoms with Crippen LogP contribution in [0.15, 0.2) is 24.3 Å². The number of urea groups is 1. The summed E-state index contributed by atoms with van der Waals surface area (Å²) in [6, 6.07) is 7.75. The third kappa shape index (κ3) is 5.09. The zero-order valence-corrected chi connectivity index (χ0v) is 13.1. The first kappa shape index (κ1) is 16.0. The highest BCUT2D eigenvalue weighted by atomic mass is 16.5. The molecule has 7 nitrogen and oxygen atoms in total. The second kappa shape index (κ2) is 8.14. The lowest BCUT2D eigenvalue weighted by Crippen LogP contribution is -2.44. The second-order valence-corrected chi connectivity index (χ2v) is 5.88. The van der Waals surface area contributed by atoms with Crippen LogP contribution in [0.4, 0.5) is 4.79 Å². The van der Waals surface area contributed by atoms with Gasteiger partial charge in [0.25, 0.3) is 0 Å². The van der Waals surface area contributed by atoms with Gasteiger partial charge in [-0.2, -0.15) is 0 Å². The predicted molar refractivity (Wildman–Crippen MR) is 86.1 cm³/mol. The molecule has 2 aliphatic rings. The summed E-state index contributed by atoms with van der Waals surface area (Å²) in [4.78, 5) is 11.8. The van der Waals surface area contributed by atoms with E-state index in [1.54, 1.807) is 0 Å². The molecule has 1 unspecified atom stereocenters. The minimum atomic E-state index is -0.154. The van der Waals surface area contributed by atoms with Crippen molar-refractivity contribution in [3.8, 4) is 5.75 Å². The van der Waals surface area contributed by atoms with Gasteiger partial charge in [-0.3, -0.25) is 10.9 Å². The topological polar surface area (TPSA) is 83.7 Å². The average molecular weight is 320 g/mol. The smallest absolute Gasteiger partial charge is 0.315 e. The maximum absolute atomic E-state index is 11.8. The van der Waals surface area contributed by atoms with Crippen molar-refractivity contribution >= 4 is 6.03 Å². The lowest BCUT2D eigenvalue weighted by atomic mass is 10.2. The number of amides is 2. The summed E-state index contributed by atoms with van der Waals surface area (Å²) in [5.41, 5.74) is 6.98. The molecular weight excluding hydrogens is 296 g/mol. The number of hydrazine groups is 1. The van der Waals surface area contributed by atoms with Crippen LogP contribution in [-0.4, -0.2) is 44.5 Å². The average Bonchev–Trinajstić information content (AvgIpc) is 3.25. The van der Waals surface area contributed by atoms with Crippen molar-refractivity contribution in [2.75, 3.05) is 26.3 Å². The van der Waals surface area contributed by atoms with Gasteiger partial charge < -0.3 is 20.1 Å². The number of carbonyl (C=O) groups excluding carboxylic acids is 1. The molecule has 23 heavy (non-hydrogen) atoms. The fourth-order valence-electron chi connectivity index (χ4n) is 2.65. The van der Waals surface area contributed by atoms with Crippen molar-refractivity contribution in [1.29, 1.82) is 0 Å². The molecule has 2 amide bonds. The van der Waals surface area contributed by atoms with Crippen LogP contribution in [0.5, 0.6) is 5.75 Å². The van der Waals surface area contributed by atoms with Gasteiger partial charge in [-0.05, 0) is 30.5 Å². The Bertz CT molecular complexity index is 497. The molecule has 0 aromatic heterocycles. The van der Waals surface area contributed by atoms with E-state index in [-0.39, 0.29) is 18.2 Å². The molecule has 0 radical (unpaired) electrons. The molecule has 1 atom stereocenters. The largest absolute Gasteiger partial charge is 0.491 e. The molecular formula is C16H24N4O3. The van der Waals surface area contributed by atoms with E-state index >= 15 is 0 Å². The first-order chi connectivity index (χ1) is 11.3. The summed E-state index contributed by atoms with van der Waals surface area (Å²) in [6.07, 6.45) is 2.41. The summed E-state index contributed by atoms with van der Waals surface area (Å²) in [5, 5.41) is 5.75. The molecule has 4 N–H and O–H groups in total. The highest BCUT2D eigenvalue weighted by Crippen LogP contribution is 2.16. The molecule has 1 aromatic carbocycles. The van der Waals surface area contributed by atoms with Crippen molar-refractivity contribution in [3.05, 3.63) is 29.8 Å². The number of ether oxygens (including phenoxy) is 2. The third-order valence-corrected chi connectivity index (χ3v) is 3.99. The van der Waals surface area contributed by atoms with E-state index in [9.17, 15) is 4.79 Å². The summed E-state index contributed by atoms with van der Waals surface area (Å²) in [5.74, 6) is 0.830. The van der Waals surface area contributed by atoms with Crippen molar-refractivity contribution < 1.29 is 14.3 Å². The summed E-state index contributed by atoms with van der Waals surface area (Å²) in [6.45, 7) is 3.41. The molecule has 3 rings (SSSR count). The quantitative estimate of drug-likeness (QED) is 0.614. The molecule has 0 saturated carbocycles. The molecule has 7 heteroatoms. The number of hydrogen-bond donors (Lipinski definition) is 4. The third-order valence-electron chi connectivity index (χ3n) is 3.99. The Morgan fingerprint density at radius 1 is 1.26 bits per heavy atom. The first-order valence-corrected chi connectivity index (χ1v) is 8.13. The standard InChI is InChI=1S/C16H24N4O3/c21-16(20-13-9-18-19-10-13)17-8-12-3-5-14(6-4-12)23-11-15-2-1-7-22-15/h3-6,13,15,18-19H,1-2,7-11H2,(H2,17,20,21). The van der Waals surface area contributed by atoms with E-state index in [0.29, 0.717) is 13.2 Å². The fourth-order valence-corrected chi connectivity index (χ4v) is 2.65. The first-order valence-electron chi connectivity index (χ1n) is 8.13. The minimum absolute atomic E-state index is 0.128. The predicted octanol–water partition coefficient (Wildman–Crippen LogP) is 0.520. The Morgan fingerprint density at radius 3 is 2.74 bits per heavy atom. The maximum atomic E-state index is 11.8. The van der Waals surface area contributed by atoms with Gasteiger partial charge in [0.1, 0.15) is 12.4 Å². The van der Waals surface area contributed by atoms with Gasteiger partial charge in [0.15, 0.2) is 0 Å². The number of benzene rings is 1. The van der Waals surface area contributed by atoms with Crippen LogP contribution in [0.2, 0.25) is 0 Å². The van der Waals surface area contributed by atoms with E-state index in [1.807, 2.05) is 24.3 Å². The van der Waals surface area contributed by atoms with Crippen LogP contribution in [0, 0.1) is 0 Å². The van der Waals surface area contributed by atoms with E-state index in [2.05, 4.69) is 21.5 Å². The number of carbonyl (C=O) groups is 1. The Hall–Kier alpha value is -1.83. The van der Waals surface area contributed by atoms with Gasteiger partial charge in [-0.25, -0.2) is 4.79 Å². The Kier molecular flexibility index (Phi) is 5.68. The van der Waals surface area contributed by atoms with Crippen LogP contribution >= 0.6 is 0 Å². The monoisotopic (exact) mass is 320 g/mol. The SMILES string of the molecule is O=C(NCc1ccc(OCC2CCCO2)cc1)NC1CNNC1. The maximum Gasteiger partial charge on any atom is 0.315 e. The highest BCUT2D eigenvalue weighted by molar-refractivity contribution is 5.74. The van der Waals surface area contributed by atoms with Crippen molar-refractivity contribution in [2.45, 2.75) is 31.5 Å². The molecule has 2 fully saturated rings. The molecule has 0 aliphatic carbocycles. The zero-order chi connectivity index (χ0) is 15.9. The molecule has 2 heterocycles. The van der Waals surface area contributed by atoms with Gasteiger partial charge in [-0.15, -0.1) is 0 Å². The second-order valence-electron chi connectivity index (χ2n) is 5.88. The Morgan fingerprint density at radius 2 is 2.04 bits per heavy atom.